The molecule has 4 rings (SSSR count). The number of hydrogen-bond donors (Lipinski definition) is 0. The first-order chi connectivity index (χ1) is 10.8. The molecule has 6 nitrogen and oxygen atoms in total. The highest BCUT2D eigenvalue weighted by molar-refractivity contribution is 5.61. The maximum Gasteiger partial charge on any atom is 0.143 e. The molecule has 3 aromatic rings. The zero-order valence-corrected chi connectivity index (χ0v) is 12.7. The summed E-state index contributed by atoms with van der Waals surface area (Å²) in [5.74, 6) is 1.10. The van der Waals surface area contributed by atoms with E-state index in [0.29, 0.717) is 0 Å². The van der Waals surface area contributed by atoms with E-state index in [4.69, 9.17) is 4.98 Å². The van der Waals surface area contributed by atoms with Crippen molar-refractivity contribution in [1.82, 2.24) is 23.9 Å². The number of hydrogen-bond acceptors (Lipinski definition) is 4. The normalized spacial score (nSPS) is 17.6. The lowest BCUT2D eigenvalue weighted by molar-refractivity contribution is 0.618. The third-order valence-electron chi connectivity index (χ3n) is 4.07. The molecular weight excluding hydrogens is 276 g/mol. The molecule has 0 bridgehead atoms. The largest absolute Gasteiger partial charge is 0.332 e. The van der Waals surface area contributed by atoms with Gasteiger partial charge in [0, 0.05) is 25.1 Å². The fourth-order valence-electron chi connectivity index (χ4n) is 3.18. The quantitative estimate of drug-likeness (QED) is 0.745. The summed E-state index contributed by atoms with van der Waals surface area (Å²) in [5, 5.41) is 0. The first-order valence-corrected chi connectivity index (χ1v) is 7.53. The van der Waals surface area contributed by atoms with Gasteiger partial charge in [-0.2, -0.15) is 0 Å². The minimum Gasteiger partial charge on any atom is -0.332 e. The van der Waals surface area contributed by atoms with Gasteiger partial charge >= 0.3 is 0 Å². The molecule has 6 heteroatoms. The Morgan fingerprint density at radius 3 is 2.86 bits per heavy atom. The summed E-state index contributed by atoms with van der Waals surface area (Å²) in [6.07, 6.45) is 14.5. The molecule has 0 amide bonds. The second-order valence-corrected chi connectivity index (χ2v) is 5.63. The average molecular weight is 294 g/mol. The van der Waals surface area contributed by atoms with Gasteiger partial charge in [-0.15, -0.1) is 0 Å². The van der Waals surface area contributed by atoms with Gasteiger partial charge in [-0.1, -0.05) is 6.92 Å². The molecule has 0 saturated heterocycles. The molecule has 1 aliphatic heterocycles. The maximum atomic E-state index is 4.75. The first kappa shape index (κ1) is 13.1. The Labute approximate surface area is 128 Å². The van der Waals surface area contributed by atoms with Crippen molar-refractivity contribution in [3.05, 3.63) is 54.9 Å². The summed E-state index contributed by atoms with van der Waals surface area (Å²) in [7, 11) is 0. The predicted octanol–water partition coefficient (Wildman–Crippen LogP) is 2.65. The molecule has 0 spiro atoms. The summed E-state index contributed by atoms with van der Waals surface area (Å²) < 4.78 is 4.22. The number of nitrogens with zero attached hydrogens (tertiary/aromatic N) is 6. The van der Waals surface area contributed by atoms with E-state index in [1.165, 1.54) is 5.57 Å². The van der Waals surface area contributed by atoms with E-state index < -0.39 is 0 Å². The van der Waals surface area contributed by atoms with Gasteiger partial charge in [0.25, 0.3) is 0 Å². The van der Waals surface area contributed by atoms with Crippen LogP contribution < -0.4 is 4.90 Å². The van der Waals surface area contributed by atoms with E-state index >= 15 is 0 Å². The van der Waals surface area contributed by atoms with Crippen LogP contribution in [0.2, 0.25) is 0 Å². The highest BCUT2D eigenvalue weighted by Crippen LogP contribution is 2.37. The Morgan fingerprint density at radius 2 is 2.09 bits per heavy atom. The second-order valence-electron chi connectivity index (χ2n) is 5.63. The van der Waals surface area contributed by atoms with Crippen LogP contribution in [0.3, 0.4) is 0 Å². The Balaban J connectivity index is 1.97. The van der Waals surface area contributed by atoms with Crippen LogP contribution in [0, 0.1) is 0 Å². The van der Waals surface area contributed by atoms with Crippen molar-refractivity contribution >= 4 is 11.3 Å². The van der Waals surface area contributed by atoms with Gasteiger partial charge < -0.3 is 9.47 Å². The van der Waals surface area contributed by atoms with Gasteiger partial charge in [0.1, 0.15) is 23.9 Å². The molecule has 0 fully saturated rings. The summed E-state index contributed by atoms with van der Waals surface area (Å²) >= 11 is 0. The van der Waals surface area contributed by atoms with Gasteiger partial charge in [-0.05, 0) is 18.9 Å². The van der Waals surface area contributed by atoms with Crippen LogP contribution >= 0.6 is 0 Å². The number of imidazole rings is 2. The van der Waals surface area contributed by atoms with Crippen LogP contribution in [0.25, 0.3) is 5.52 Å². The maximum absolute atomic E-state index is 4.75. The van der Waals surface area contributed by atoms with Crippen LogP contribution in [0.5, 0.6) is 0 Å². The van der Waals surface area contributed by atoms with Gasteiger partial charge in [0.15, 0.2) is 0 Å². The van der Waals surface area contributed by atoms with Gasteiger partial charge in [-0.3, -0.25) is 9.38 Å². The average Bonchev–Trinajstić information content (AvgIpc) is 3.18. The van der Waals surface area contributed by atoms with E-state index in [1.807, 2.05) is 31.2 Å². The van der Waals surface area contributed by atoms with Crippen molar-refractivity contribution < 1.29 is 0 Å². The highest BCUT2D eigenvalue weighted by atomic mass is 15.3. The second kappa shape index (κ2) is 4.98. The van der Waals surface area contributed by atoms with Gasteiger partial charge in [0.2, 0.25) is 0 Å². The van der Waals surface area contributed by atoms with Crippen LogP contribution in [-0.4, -0.2) is 30.5 Å². The highest BCUT2D eigenvalue weighted by Gasteiger charge is 2.29. The Bertz CT molecular complexity index is 830. The molecular formula is C16H18N6. The standard InChI is InChI=1S/C16H18N6/c1-3-5-20-9-12(2)15(21-6-4-17-10-21)14-16(20)22-11-18-7-13(22)8-19-14/h4,6-11,15H,3,5H2,1-2H3. The molecule has 3 aromatic heterocycles. The molecule has 0 saturated carbocycles. The van der Waals surface area contributed by atoms with Crippen molar-refractivity contribution in [2.75, 3.05) is 11.4 Å². The number of rotatable bonds is 3. The summed E-state index contributed by atoms with van der Waals surface area (Å²) in [6.45, 7) is 5.29. The zero-order chi connectivity index (χ0) is 15.1. The molecule has 0 aromatic carbocycles. The summed E-state index contributed by atoms with van der Waals surface area (Å²) in [5.41, 5.74) is 3.31. The van der Waals surface area contributed by atoms with E-state index in [2.05, 4.69) is 43.9 Å². The monoisotopic (exact) mass is 294 g/mol. The topological polar surface area (TPSA) is 51.2 Å². The van der Waals surface area contributed by atoms with Crippen molar-refractivity contribution in [2.24, 2.45) is 0 Å². The van der Waals surface area contributed by atoms with E-state index in [1.54, 1.807) is 6.20 Å². The van der Waals surface area contributed by atoms with E-state index in [9.17, 15) is 0 Å². The van der Waals surface area contributed by atoms with Crippen LogP contribution in [0.1, 0.15) is 32.0 Å². The smallest absolute Gasteiger partial charge is 0.143 e. The lowest BCUT2D eigenvalue weighted by Crippen LogP contribution is -2.30. The minimum atomic E-state index is 0.0809. The van der Waals surface area contributed by atoms with Crippen LogP contribution in [-0.2, 0) is 0 Å². The molecule has 0 radical (unpaired) electrons. The summed E-state index contributed by atoms with van der Waals surface area (Å²) in [6, 6.07) is 0.0809. The Kier molecular flexibility index (Phi) is 2.96. The van der Waals surface area contributed by atoms with Crippen molar-refractivity contribution in [1.29, 1.82) is 0 Å². The van der Waals surface area contributed by atoms with Crippen molar-refractivity contribution in [3.63, 3.8) is 0 Å². The molecule has 1 aliphatic rings. The van der Waals surface area contributed by atoms with Crippen molar-refractivity contribution in [2.45, 2.75) is 26.3 Å². The first-order valence-electron chi connectivity index (χ1n) is 7.53. The van der Waals surface area contributed by atoms with E-state index in [-0.39, 0.29) is 6.04 Å². The number of anilines is 1. The Hall–Kier alpha value is -2.63. The van der Waals surface area contributed by atoms with Crippen LogP contribution in [0.4, 0.5) is 5.82 Å². The Morgan fingerprint density at radius 1 is 1.18 bits per heavy atom. The SMILES string of the molecule is CCCN1C=C(C)C(n2ccnc2)c2ncc3cncn3c21. The third kappa shape index (κ3) is 1.83. The van der Waals surface area contributed by atoms with Gasteiger partial charge in [0.05, 0.1) is 24.2 Å². The number of aromatic nitrogens is 5. The van der Waals surface area contributed by atoms with Crippen LogP contribution in [0.15, 0.2) is 49.2 Å². The molecule has 1 unspecified atom stereocenters. The zero-order valence-electron chi connectivity index (χ0n) is 12.7. The molecule has 0 aliphatic carbocycles. The number of fused-ring (bicyclic) bond motifs is 3. The summed E-state index contributed by atoms with van der Waals surface area (Å²) in [4.78, 5) is 15.5. The molecule has 22 heavy (non-hydrogen) atoms. The van der Waals surface area contributed by atoms with E-state index in [0.717, 1.165) is 30.0 Å². The number of allylic oxidation sites excluding steroid dienone is 1. The molecule has 1 atom stereocenters. The predicted molar refractivity (Wildman–Crippen MR) is 84.7 cm³/mol. The molecule has 4 heterocycles. The fraction of sp³-hybridized carbons (Fsp3) is 0.312. The third-order valence-corrected chi connectivity index (χ3v) is 4.07. The lowest BCUT2D eigenvalue weighted by atomic mass is 10.0. The van der Waals surface area contributed by atoms with Gasteiger partial charge in [-0.25, -0.2) is 9.97 Å². The van der Waals surface area contributed by atoms with Crippen molar-refractivity contribution in [3.8, 4) is 0 Å². The lowest BCUT2D eigenvalue weighted by Gasteiger charge is -2.33. The minimum absolute atomic E-state index is 0.0809. The molecule has 112 valence electrons. The fourth-order valence-corrected chi connectivity index (χ4v) is 3.18. The molecule has 0 N–H and O–H groups in total.